The summed E-state index contributed by atoms with van der Waals surface area (Å²) in [5.41, 5.74) is 2.92. The molecule has 1 N–H and O–H groups in total. The molecule has 5 rings (SSSR count). The van der Waals surface area contributed by atoms with E-state index in [2.05, 4.69) is 30.2 Å². The number of amides is 2. The molecule has 0 aromatic carbocycles. The molecular weight excluding hydrogens is 537 g/mol. The third kappa shape index (κ3) is 4.75. The first-order valence-corrected chi connectivity index (χ1v) is 12.9. The van der Waals surface area contributed by atoms with Gasteiger partial charge in [0.15, 0.2) is 0 Å². The van der Waals surface area contributed by atoms with Gasteiger partial charge in [0, 0.05) is 0 Å². The van der Waals surface area contributed by atoms with Gasteiger partial charge < -0.3 is 0 Å². The van der Waals surface area contributed by atoms with Crippen molar-refractivity contribution in [2.24, 2.45) is 0 Å². The van der Waals surface area contributed by atoms with Gasteiger partial charge in [-0.15, -0.1) is 0 Å². The number of fused-ring (bicyclic) bond motifs is 1. The summed E-state index contributed by atoms with van der Waals surface area (Å²) in [4.78, 5) is 48.9. The molecule has 35 heavy (non-hydrogen) atoms. The number of anilines is 2. The zero-order valence-corrected chi connectivity index (χ0v) is 21.4. The van der Waals surface area contributed by atoms with Crippen molar-refractivity contribution in [3.63, 3.8) is 0 Å². The molecule has 5 heterocycles. The predicted molar refractivity (Wildman–Crippen MR) is 132 cm³/mol. The topological polar surface area (TPSA) is 123 Å². The van der Waals surface area contributed by atoms with Gasteiger partial charge in [0.2, 0.25) is 0 Å². The summed E-state index contributed by atoms with van der Waals surface area (Å²) in [7, 11) is 1.53. The van der Waals surface area contributed by atoms with Gasteiger partial charge in [-0.25, -0.2) is 0 Å². The Kier molecular flexibility index (Phi) is 6.46. The summed E-state index contributed by atoms with van der Waals surface area (Å²) >= 11 is 5.78. The van der Waals surface area contributed by atoms with Gasteiger partial charge in [0.25, 0.3) is 0 Å². The van der Waals surface area contributed by atoms with Crippen LogP contribution in [-0.4, -0.2) is 64.9 Å². The van der Waals surface area contributed by atoms with Gasteiger partial charge in [-0.3, -0.25) is 0 Å². The van der Waals surface area contributed by atoms with Gasteiger partial charge in [-0.05, 0) is 0 Å². The fourth-order valence-electron chi connectivity index (χ4n) is 3.85. The molecule has 0 aliphatic carbocycles. The molecule has 0 atom stereocenters. The number of methoxy groups -OCH3 is 1. The second-order valence-corrected chi connectivity index (χ2v) is 10.4. The maximum atomic E-state index is 13.3. The Labute approximate surface area is 211 Å². The number of nitrogens with one attached hydrogen (secondary N) is 1. The molecule has 178 valence electrons. The summed E-state index contributed by atoms with van der Waals surface area (Å²) in [5.74, 6) is 0.543. The summed E-state index contributed by atoms with van der Waals surface area (Å²) in [6.07, 6.45) is 6.95. The molecule has 2 amide bonds. The molecule has 1 fully saturated rings. The van der Waals surface area contributed by atoms with E-state index in [0.29, 0.717) is 51.6 Å². The predicted octanol–water partition coefficient (Wildman–Crippen LogP) is 3.28. The minimum absolute atomic E-state index is 0.0298. The van der Waals surface area contributed by atoms with Crippen LogP contribution in [-0.2, 0) is 4.79 Å². The van der Waals surface area contributed by atoms with Crippen LogP contribution in [0.2, 0.25) is 5.15 Å². The van der Waals surface area contributed by atoms with Gasteiger partial charge in [0.1, 0.15) is 0 Å². The van der Waals surface area contributed by atoms with E-state index in [1.165, 1.54) is 19.5 Å². The average Bonchev–Trinajstić information content (AvgIpc) is 3.25. The number of hydrogen-bond acceptors (Lipinski definition) is 8. The van der Waals surface area contributed by atoms with Crippen LogP contribution < -0.4 is 15.0 Å². The molecule has 0 unspecified atom stereocenters. The SMILES string of the molecule is COc1cnc(Cl)cc1-c1cc(C)ncc1C(=O)Nc1nc2cnc(N3CCCCC3=O)nc2[se]1. The zero-order chi connectivity index (χ0) is 24.5. The van der Waals surface area contributed by atoms with Crippen molar-refractivity contribution in [3.05, 3.63) is 47.1 Å². The van der Waals surface area contributed by atoms with Gasteiger partial charge >= 0.3 is 212 Å². The second-order valence-electron chi connectivity index (χ2n) is 7.91. The fraction of sp³-hybridized carbons (Fsp3) is 0.261. The van der Waals surface area contributed by atoms with Crippen molar-refractivity contribution >= 4 is 58.5 Å². The van der Waals surface area contributed by atoms with E-state index in [1.807, 2.05) is 6.92 Å². The molecule has 4 aromatic heterocycles. The van der Waals surface area contributed by atoms with Crippen LogP contribution in [0.5, 0.6) is 5.75 Å². The first-order valence-electron chi connectivity index (χ1n) is 10.8. The van der Waals surface area contributed by atoms with E-state index in [0.717, 1.165) is 22.9 Å². The number of aromatic nitrogens is 5. The third-order valence-electron chi connectivity index (χ3n) is 5.55. The summed E-state index contributed by atoms with van der Waals surface area (Å²) in [6, 6.07) is 3.45. The molecule has 1 aliphatic heterocycles. The molecule has 0 bridgehead atoms. The summed E-state index contributed by atoms with van der Waals surface area (Å²) < 4.78 is 6.66. The van der Waals surface area contributed by atoms with Crippen LogP contribution in [0.15, 0.2) is 30.7 Å². The molecule has 10 nitrogen and oxygen atoms in total. The van der Waals surface area contributed by atoms with Gasteiger partial charge in [-0.2, -0.15) is 0 Å². The molecule has 4 aromatic rings. The van der Waals surface area contributed by atoms with Crippen molar-refractivity contribution in [3.8, 4) is 16.9 Å². The number of pyridine rings is 2. The minimum atomic E-state index is -0.365. The molecular formula is C23H20ClN7O3Se. The average molecular weight is 557 g/mol. The quantitative estimate of drug-likeness (QED) is 0.293. The Morgan fingerprint density at radius 1 is 1.11 bits per heavy atom. The standard InChI is InChI=1S/C23H20ClN7O3Se/c1-12-7-13(14-8-18(24)26-11-17(14)34-2)15(9-25-12)20(33)29-23-28-16-10-27-22(30-21(16)35-23)31-6-4-3-5-19(31)32/h7-11H,3-6H2,1-2H3,(H,28,29,33). The molecule has 0 radical (unpaired) electrons. The van der Waals surface area contributed by atoms with Crippen LogP contribution in [0.25, 0.3) is 21.0 Å². The molecule has 0 spiro atoms. The molecule has 1 aliphatic rings. The van der Waals surface area contributed by atoms with Crippen molar-refractivity contribution in [2.75, 3.05) is 23.9 Å². The van der Waals surface area contributed by atoms with Crippen molar-refractivity contribution in [1.82, 2.24) is 24.9 Å². The van der Waals surface area contributed by atoms with Crippen molar-refractivity contribution in [1.29, 1.82) is 0 Å². The molecule has 1 saturated heterocycles. The number of hydrogen-bond donors (Lipinski definition) is 1. The van der Waals surface area contributed by atoms with E-state index in [-0.39, 0.29) is 31.5 Å². The Morgan fingerprint density at radius 2 is 1.97 bits per heavy atom. The van der Waals surface area contributed by atoms with Crippen molar-refractivity contribution in [2.45, 2.75) is 26.2 Å². The van der Waals surface area contributed by atoms with E-state index < -0.39 is 0 Å². The summed E-state index contributed by atoms with van der Waals surface area (Å²) in [6.45, 7) is 2.45. The third-order valence-corrected chi connectivity index (χ3v) is 7.61. The number of piperidine rings is 1. The number of aryl methyl sites for hydroxylation is 1. The van der Waals surface area contributed by atoms with Crippen LogP contribution in [0.1, 0.15) is 35.3 Å². The Morgan fingerprint density at radius 3 is 2.77 bits per heavy atom. The van der Waals surface area contributed by atoms with E-state index >= 15 is 0 Å². The Hall–Kier alpha value is -3.40. The number of carbonyl (C=O) groups is 2. The van der Waals surface area contributed by atoms with E-state index in [4.69, 9.17) is 16.3 Å². The van der Waals surface area contributed by atoms with Gasteiger partial charge in [-0.1, -0.05) is 0 Å². The first-order chi connectivity index (χ1) is 16.9. The number of carbonyl (C=O) groups excluding carboxylic acids is 2. The summed E-state index contributed by atoms with van der Waals surface area (Å²) in [5, 5.41) is 3.17. The number of halogens is 1. The van der Waals surface area contributed by atoms with Crippen LogP contribution in [0, 0.1) is 6.92 Å². The monoisotopic (exact) mass is 557 g/mol. The van der Waals surface area contributed by atoms with Crippen molar-refractivity contribution < 1.29 is 14.3 Å². The van der Waals surface area contributed by atoms with Gasteiger partial charge in [0.05, 0.1) is 0 Å². The normalized spacial score (nSPS) is 13.8. The Bertz CT molecular complexity index is 1460. The van der Waals surface area contributed by atoms with E-state index in [1.54, 1.807) is 23.2 Å². The molecule has 12 heteroatoms. The van der Waals surface area contributed by atoms with E-state index in [9.17, 15) is 9.59 Å². The fourth-order valence-corrected chi connectivity index (χ4v) is 5.68. The Balaban J connectivity index is 1.46. The molecule has 0 saturated carbocycles. The van der Waals surface area contributed by atoms with Crippen LogP contribution >= 0.6 is 11.6 Å². The maximum absolute atomic E-state index is 13.3. The zero-order valence-electron chi connectivity index (χ0n) is 18.9. The van der Waals surface area contributed by atoms with Crippen LogP contribution in [0.3, 0.4) is 0 Å². The number of ether oxygens (including phenoxy) is 1. The first kappa shape index (κ1) is 23.3. The number of nitrogens with zero attached hydrogens (tertiary/aromatic N) is 6. The number of rotatable bonds is 5. The van der Waals surface area contributed by atoms with Crippen LogP contribution in [0.4, 0.5) is 10.6 Å². The second kappa shape index (κ2) is 9.69.